The van der Waals surface area contributed by atoms with Gasteiger partial charge in [-0.1, -0.05) is 18.2 Å². The fraction of sp³-hybridized carbons (Fsp3) is 0. The van der Waals surface area contributed by atoms with Crippen molar-refractivity contribution in [3.05, 3.63) is 88.6 Å². The van der Waals surface area contributed by atoms with Gasteiger partial charge in [0.1, 0.15) is 17.2 Å². The zero-order chi connectivity index (χ0) is 20.5. The van der Waals surface area contributed by atoms with E-state index in [1.165, 1.54) is 12.1 Å². The number of amides is 1. The van der Waals surface area contributed by atoms with Crippen LogP contribution in [0.5, 0.6) is 11.5 Å². The van der Waals surface area contributed by atoms with Crippen molar-refractivity contribution < 1.29 is 14.5 Å². The summed E-state index contributed by atoms with van der Waals surface area (Å²) < 4.78 is 7.37. The number of benzene rings is 3. The van der Waals surface area contributed by atoms with E-state index in [4.69, 9.17) is 16.2 Å². The van der Waals surface area contributed by atoms with Crippen LogP contribution in [-0.4, -0.2) is 15.4 Å². The van der Waals surface area contributed by atoms with E-state index in [1.807, 2.05) is 30.3 Å². The zero-order valence-corrected chi connectivity index (χ0v) is 15.1. The highest BCUT2D eigenvalue weighted by Gasteiger charge is 2.22. The molecular weight excluding hydrogens is 372 g/mol. The second kappa shape index (κ2) is 7.01. The maximum Gasteiger partial charge on any atom is 0.270 e. The normalized spacial score (nSPS) is 10.8. The molecule has 1 heterocycles. The SMILES string of the molecule is NC(=O)c1c(N)c2cc([N+](=O)[O-])ccc2n1-c1ccc(Oc2ccccc2)cc1. The molecule has 0 fully saturated rings. The highest BCUT2D eigenvalue weighted by molar-refractivity contribution is 6.09. The maximum atomic E-state index is 12.1. The number of nitrogens with zero attached hydrogens (tertiary/aromatic N) is 2. The van der Waals surface area contributed by atoms with Gasteiger partial charge >= 0.3 is 0 Å². The number of hydrogen-bond donors (Lipinski definition) is 2. The number of hydrogen-bond acceptors (Lipinski definition) is 5. The van der Waals surface area contributed by atoms with Gasteiger partial charge in [-0.15, -0.1) is 0 Å². The first-order valence-electron chi connectivity index (χ1n) is 8.67. The summed E-state index contributed by atoms with van der Waals surface area (Å²) in [6, 6.07) is 20.6. The van der Waals surface area contributed by atoms with Crippen LogP contribution in [0.1, 0.15) is 10.5 Å². The van der Waals surface area contributed by atoms with Gasteiger partial charge in [0.15, 0.2) is 0 Å². The fourth-order valence-corrected chi connectivity index (χ4v) is 3.22. The van der Waals surface area contributed by atoms with Crippen LogP contribution in [0, 0.1) is 10.1 Å². The number of nitro benzene ring substituents is 1. The van der Waals surface area contributed by atoms with Gasteiger partial charge in [0.2, 0.25) is 0 Å². The minimum absolute atomic E-state index is 0.0669. The lowest BCUT2D eigenvalue weighted by Crippen LogP contribution is -2.17. The third kappa shape index (κ3) is 3.23. The van der Waals surface area contributed by atoms with Crippen molar-refractivity contribution in [1.29, 1.82) is 0 Å². The van der Waals surface area contributed by atoms with E-state index in [0.29, 0.717) is 28.1 Å². The van der Waals surface area contributed by atoms with Gasteiger partial charge in [-0.25, -0.2) is 0 Å². The summed E-state index contributed by atoms with van der Waals surface area (Å²) >= 11 is 0. The van der Waals surface area contributed by atoms with Gasteiger partial charge < -0.3 is 20.8 Å². The Morgan fingerprint density at radius 1 is 0.966 bits per heavy atom. The average Bonchev–Trinajstić information content (AvgIpc) is 3.01. The number of nitro groups is 1. The predicted octanol–water partition coefficient (Wildman–Crippen LogP) is 4.01. The molecule has 8 nitrogen and oxygen atoms in total. The van der Waals surface area contributed by atoms with Crippen LogP contribution in [0.4, 0.5) is 11.4 Å². The largest absolute Gasteiger partial charge is 0.457 e. The Hall–Kier alpha value is -4.33. The number of anilines is 1. The molecule has 4 aromatic rings. The van der Waals surface area contributed by atoms with Gasteiger partial charge in [-0.05, 0) is 42.5 Å². The van der Waals surface area contributed by atoms with Crippen LogP contribution in [-0.2, 0) is 0 Å². The van der Waals surface area contributed by atoms with Crippen molar-refractivity contribution in [3.63, 3.8) is 0 Å². The smallest absolute Gasteiger partial charge is 0.270 e. The van der Waals surface area contributed by atoms with E-state index in [0.717, 1.165) is 0 Å². The highest BCUT2D eigenvalue weighted by atomic mass is 16.6. The first-order chi connectivity index (χ1) is 14.0. The molecule has 0 aliphatic carbocycles. The lowest BCUT2D eigenvalue weighted by molar-refractivity contribution is -0.384. The Labute approximate surface area is 165 Å². The molecule has 29 heavy (non-hydrogen) atoms. The topological polar surface area (TPSA) is 126 Å². The predicted molar refractivity (Wildman–Crippen MR) is 109 cm³/mol. The number of carbonyl (C=O) groups is 1. The number of rotatable bonds is 5. The minimum atomic E-state index is -0.731. The van der Waals surface area contributed by atoms with Crippen LogP contribution in [0.2, 0.25) is 0 Å². The van der Waals surface area contributed by atoms with Crippen LogP contribution in [0.25, 0.3) is 16.6 Å². The van der Waals surface area contributed by atoms with Crippen LogP contribution in [0.3, 0.4) is 0 Å². The molecule has 4 N–H and O–H groups in total. The van der Waals surface area contributed by atoms with Gasteiger partial charge in [-0.2, -0.15) is 0 Å². The van der Waals surface area contributed by atoms with Gasteiger partial charge in [-0.3, -0.25) is 14.9 Å². The number of primary amides is 1. The van der Waals surface area contributed by atoms with Gasteiger partial charge in [0.25, 0.3) is 11.6 Å². The molecule has 4 rings (SSSR count). The van der Waals surface area contributed by atoms with E-state index in [2.05, 4.69) is 0 Å². The number of ether oxygens (including phenoxy) is 1. The van der Waals surface area contributed by atoms with Gasteiger partial charge in [0, 0.05) is 23.2 Å². The molecule has 1 aromatic heterocycles. The van der Waals surface area contributed by atoms with Crippen molar-refractivity contribution in [2.24, 2.45) is 5.73 Å². The van der Waals surface area contributed by atoms with E-state index >= 15 is 0 Å². The van der Waals surface area contributed by atoms with Crippen LogP contribution >= 0.6 is 0 Å². The first kappa shape index (κ1) is 18.1. The lowest BCUT2D eigenvalue weighted by Gasteiger charge is -2.11. The maximum absolute atomic E-state index is 12.1. The molecule has 0 saturated heterocycles. The Morgan fingerprint density at radius 2 is 1.62 bits per heavy atom. The standard InChI is InChI=1S/C21H16N4O4/c22-19-17-12-14(25(27)28)8-11-18(17)24(20(19)21(23)26)13-6-9-16(10-7-13)29-15-4-2-1-3-5-15/h1-12H,22H2,(H2,23,26). The molecule has 0 spiro atoms. The molecule has 0 aliphatic rings. The number of nitrogen functional groups attached to an aromatic ring is 1. The molecule has 0 aliphatic heterocycles. The summed E-state index contributed by atoms with van der Waals surface area (Å²) in [5.74, 6) is 0.577. The number of carbonyl (C=O) groups excluding carboxylic acids is 1. The molecule has 3 aromatic carbocycles. The van der Waals surface area contributed by atoms with E-state index in [-0.39, 0.29) is 17.1 Å². The molecular formula is C21H16N4O4. The summed E-state index contributed by atoms with van der Waals surface area (Å²) in [5.41, 5.74) is 12.9. The molecule has 144 valence electrons. The molecule has 0 atom stereocenters. The average molecular weight is 388 g/mol. The third-order valence-corrected chi connectivity index (χ3v) is 4.51. The zero-order valence-electron chi connectivity index (χ0n) is 15.1. The lowest BCUT2D eigenvalue weighted by atomic mass is 10.2. The first-order valence-corrected chi connectivity index (χ1v) is 8.67. The van der Waals surface area contributed by atoms with Crippen LogP contribution in [0.15, 0.2) is 72.8 Å². The van der Waals surface area contributed by atoms with Gasteiger partial charge in [0.05, 0.1) is 16.1 Å². The quantitative estimate of drug-likeness (QED) is 0.394. The molecule has 8 heteroatoms. The summed E-state index contributed by atoms with van der Waals surface area (Å²) in [6.07, 6.45) is 0. The minimum Gasteiger partial charge on any atom is -0.457 e. The van der Waals surface area contributed by atoms with Crippen molar-refractivity contribution >= 4 is 28.2 Å². The fourth-order valence-electron chi connectivity index (χ4n) is 3.22. The molecule has 0 radical (unpaired) electrons. The number of nitrogens with two attached hydrogens (primary N) is 2. The number of non-ortho nitro benzene ring substituents is 1. The molecule has 0 unspecified atom stereocenters. The second-order valence-electron chi connectivity index (χ2n) is 6.33. The van der Waals surface area contributed by atoms with E-state index < -0.39 is 10.8 Å². The van der Waals surface area contributed by atoms with Crippen molar-refractivity contribution in [1.82, 2.24) is 4.57 Å². The molecule has 0 saturated carbocycles. The van der Waals surface area contributed by atoms with E-state index in [9.17, 15) is 14.9 Å². The summed E-state index contributed by atoms with van der Waals surface area (Å²) in [4.78, 5) is 22.6. The third-order valence-electron chi connectivity index (χ3n) is 4.51. The Bertz CT molecular complexity index is 1230. The summed E-state index contributed by atoms with van der Waals surface area (Å²) in [5, 5.41) is 11.5. The van der Waals surface area contributed by atoms with E-state index in [1.54, 1.807) is 34.9 Å². The number of para-hydroxylation sites is 1. The second-order valence-corrected chi connectivity index (χ2v) is 6.33. The number of aromatic nitrogens is 1. The van der Waals surface area contributed by atoms with Crippen molar-refractivity contribution in [2.45, 2.75) is 0 Å². The Kier molecular flexibility index (Phi) is 4.36. The van der Waals surface area contributed by atoms with Crippen LogP contribution < -0.4 is 16.2 Å². The monoisotopic (exact) mass is 388 g/mol. The Morgan fingerprint density at radius 3 is 2.24 bits per heavy atom. The summed E-state index contributed by atoms with van der Waals surface area (Å²) in [7, 11) is 0. The molecule has 0 bridgehead atoms. The number of fused-ring (bicyclic) bond motifs is 1. The Balaban J connectivity index is 1.81. The van der Waals surface area contributed by atoms with Crippen molar-refractivity contribution in [3.8, 4) is 17.2 Å². The highest BCUT2D eigenvalue weighted by Crippen LogP contribution is 2.34. The molecule has 1 amide bonds. The summed E-state index contributed by atoms with van der Waals surface area (Å²) in [6.45, 7) is 0. The van der Waals surface area contributed by atoms with Crippen molar-refractivity contribution in [2.75, 3.05) is 5.73 Å².